The minimum absolute atomic E-state index is 0.0151. The highest BCUT2D eigenvalue weighted by molar-refractivity contribution is 6.04. The molecule has 1 saturated carbocycles. The van der Waals surface area contributed by atoms with Gasteiger partial charge in [0, 0.05) is 24.1 Å². The zero-order valence-corrected chi connectivity index (χ0v) is 15.9. The molecule has 2 aliphatic carbocycles. The van der Waals surface area contributed by atoms with Gasteiger partial charge in [0.15, 0.2) is 5.78 Å². The number of carbonyl (C=O) groups excluding carboxylic acids is 1. The van der Waals surface area contributed by atoms with Gasteiger partial charge in [0.25, 0.3) is 0 Å². The van der Waals surface area contributed by atoms with Gasteiger partial charge in [0.2, 0.25) is 0 Å². The SMILES string of the molecule is CC(C)/C=C/CN1CC[C@]23CCCC[C@H]2[C@H]1C(=O)c1ccc(C#N)cc13. The molecule has 3 nitrogen and oxygen atoms in total. The van der Waals surface area contributed by atoms with Gasteiger partial charge in [-0.2, -0.15) is 5.26 Å². The Hall–Kier alpha value is -1.92. The Morgan fingerprint density at radius 3 is 2.96 bits per heavy atom. The van der Waals surface area contributed by atoms with Crippen LogP contribution in [0.5, 0.6) is 0 Å². The molecule has 0 spiro atoms. The Bertz CT molecular complexity index is 788. The third kappa shape index (κ3) is 2.63. The van der Waals surface area contributed by atoms with Crippen molar-refractivity contribution in [2.24, 2.45) is 11.8 Å². The van der Waals surface area contributed by atoms with Crippen LogP contribution in [0.2, 0.25) is 0 Å². The second kappa shape index (κ2) is 6.67. The van der Waals surface area contributed by atoms with Crippen LogP contribution in [0.4, 0.5) is 0 Å². The summed E-state index contributed by atoms with van der Waals surface area (Å²) < 4.78 is 0. The van der Waals surface area contributed by atoms with E-state index >= 15 is 0 Å². The summed E-state index contributed by atoms with van der Waals surface area (Å²) in [6, 6.07) is 8.05. The molecule has 1 aromatic carbocycles. The lowest BCUT2D eigenvalue weighted by molar-refractivity contribution is 0.00224. The maximum absolute atomic E-state index is 13.4. The molecule has 0 radical (unpaired) electrons. The smallest absolute Gasteiger partial charge is 0.180 e. The molecular formula is C23H28N2O. The number of ketones is 1. The van der Waals surface area contributed by atoms with Gasteiger partial charge in [-0.1, -0.05) is 38.8 Å². The van der Waals surface area contributed by atoms with Gasteiger partial charge >= 0.3 is 0 Å². The predicted molar refractivity (Wildman–Crippen MR) is 103 cm³/mol. The van der Waals surface area contributed by atoms with Crippen LogP contribution in [-0.4, -0.2) is 29.8 Å². The molecule has 26 heavy (non-hydrogen) atoms. The summed E-state index contributed by atoms with van der Waals surface area (Å²) in [5, 5.41) is 9.36. The van der Waals surface area contributed by atoms with Crippen molar-refractivity contribution in [3.63, 3.8) is 0 Å². The highest BCUT2D eigenvalue weighted by atomic mass is 16.1. The van der Waals surface area contributed by atoms with Gasteiger partial charge < -0.3 is 0 Å². The normalized spacial score (nSPS) is 30.9. The van der Waals surface area contributed by atoms with Crippen LogP contribution in [0, 0.1) is 23.2 Å². The van der Waals surface area contributed by atoms with Crippen LogP contribution in [0.15, 0.2) is 30.4 Å². The van der Waals surface area contributed by atoms with E-state index in [2.05, 4.69) is 37.0 Å². The van der Waals surface area contributed by atoms with E-state index in [4.69, 9.17) is 0 Å². The molecule has 3 heteroatoms. The molecule has 1 aromatic rings. The summed E-state index contributed by atoms with van der Waals surface area (Å²) in [5.74, 6) is 1.23. The minimum atomic E-state index is 0.0151. The number of fused-ring (bicyclic) bond motifs is 1. The Morgan fingerprint density at radius 1 is 1.35 bits per heavy atom. The molecule has 0 N–H and O–H groups in total. The number of carbonyl (C=O) groups is 1. The van der Waals surface area contributed by atoms with Crippen molar-refractivity contribution >= 4 is 5.78 Å². The van der Waals surface area contributed by atoms with Crippen molar-refractivity contribution in [2.75, 3.05) is 13.1 Å². The number of benzene rings is 1. The van der Waals surface area contributed by atoms with E-state index in [9.17, 15) is 10.1 Å². The lowest BCUT2D eigenvalue weighted by Crippen LogP contribution is -2.63. The number of nitriles is 1. The number of piperidine rings is 1. The lowest BCUT2D eigenvalue weighted by atomic mass is 9.52. The van der Waals surface area contributed by atoms with Crippen LogP contribution in [-0.2, 0) is 5.41 Å². The van der Waals surface area contributed by atoms with Gasteiger partial charge in [-0.05, 0) is 54.9 Å². The Balaban J connectivity index is 1.77. The van der Waals surface area contributed by atoms with Gasteiger partial charge in [0.05, 0.1) is 17.7 Å². The average molecular weight is 348 g/mol. The van der Waals surface area contributed by atoms with Crippen molar-refractivity contribution in [1.82, 2.24) is 4.90 Å². The molecule has 3 aliphatic rings. The first kappa shape index (κ1) is 17.5. The Morgan fingerprint density at radius 2 is 2.19 bits per heavy atom. The van der Waals surface area contributed by atoms with Crippen LogP contribution < -0.4 is 0 Å². The Kier molecular flexibility index (Phi) is 4.49. The first-order valence-corrected chi connectivity index (χ1v) is 10.1. The zero-order chi connectivity index (χ0) is 18.3. The van der Waals surface area contributed by atoms with Gasteiger partial charge in [-0.15, -0.1) is 0 Å². The summed E-state index contributed by atoms with van der Waals surface area (Å²) in [6.07, 6.45) is 10.3. The number of Topliss-reactive ketones (excluding diaryl/α,β-unsaturated/α-hetero) is 1. The third-order valence-corrected chi connectivity index (χ3v) is 6.80. The van der Waals surface area contributed by atoms with E-state index in [1.165, 1.54) is 24.8 Å². The predicted octanol–water partition coefficient (Wildman–Crippen LogP) is 4.47. The maximum atomic E-state index is 13.4. The van der Waals surface area contributed by atoms with E-state index in [0.29, 0.717) is 17.4 Å². The molecule has 4 rings (SSSR count). The van der Waals surface area contributed by atoms with Crippen LogP contribution >= 0.6 is 0 Å². The fourth-order valence-corrected chi connectivity index (χ4v) is 5.66. The number of nitrogens with zero attached hydrogens (tertiary/aromatic N) is 2. The first-order chi connectivity index (χ1) is 12.6. The Labute approximate surface area is 156 Å². The van der Waals surface area contributed by atoms with E-state index in [-0.39, 0.29) is 17.2 Å². The van der Waals surface area contributed by atoms with E-state index in [0.717, 1.165) is 31.5 Å². The van der Waals surface area contributed by atoms with Crippen molar-refractivity contribution in [1.29, 1.82) is 5.26 Å². The van der Waals surface area contributed by atoms with Gasteiger partial charge in [-0.3, -0.25) is 9.69 Å². The molecule has 1 saturated heterocycles. The molecule has 2 bridgehead atoms. The van der Waals surface area contributed by atoms with E-state index in [1.807, 2.05) is 18.2 Å². The topological polar surface area (TPSA) is 44.1 Å². The summed E-state index contributed by atoms with van der Waals surface area (Å²) in [4.78, 5) is 15.9. The third-order valence-electron chi connectivity index (χ3n) is 6.80. The van der Waals surface area contributed by atoms with Crippen molar-refractivity contribution in [3.05, 3.63) is 47.0 Å². The largest absolute Gasteiger partial charge is 0.292 e. The summed E-state index contributed by atoms with van der Waals surface area (Å²) in [7, 11) is 0. The molecule has 136 valence electrons. The standard InChI is InChI=1S/C23H28N2O/c1-16(2)6-5-12-25-13-11-23-10-4-3-7-19(23)21(25)22(26)18-9-8-17(15-24)14-20(18)23/h5-6,8-9,14,16,19,21H,3-4,7,10-13H2,1-2H3/b6-5+/t19-,21-,23+/m0/s1. The van der Waals surface area contributed by atoms with Crippen molar-refractivity contribution in [3.8, 4) is 6.07 Å². The first-order valence-electron chi connectivity index (χ1n) is 10.1. The maximum Gasteiger partial charge on any atom is 0.180 e. The molecule has 0 aromatic heterocycles. The van der Waals surface area contributed by atoms with Crippen molar-refractivity contribution in [2.45, 2.75) is 57.4 Å². The van der Waals surface area contributed by atoms with E-state index < -0.39 is 0 Å². The molecule has 2 fully saturated rings. The summed E-state index contributed by atoms with van der Waals surface area (Å²) in [5.41, 5.74) is 2.86. The highest BCUT2D eigenvalue weighted by Gasteiger charge is 2.56. The quantitative estimate of drug-likeness (QED) is 0.757. The van der Waals surface area contributed by atoms with E-state index in [1.54, 1.807) is 0 Å². The van der Waals surface area contributed by atoms with Crippen LogP contribution in [0.1, 0.15) is 67.4 Å². The number of allylic oxidation sites excluding steroid dienone is 1. The molecular weight excluding hydrogens is 320 g/mol. The molecule has 3 atom stereocenters. The van der Waals surface area contributed by atoms with Crippen molar-refractivity contribution < 1.29 is 4.79 Å². The molecule has 0 amide bonds. The fraction of sp³-hybridized carbons (Fsp3) is 0.565. The molecule has 1 heterocycles. The minimum Gasteiger partial charge on any atom is -0.292 e. The summed E-state index contributed by atoms with van der Waals surface area (Å²) >= 11 is 0. The second-order valence-corrected chi connectivity index (χ2v) is 8.61. The monoisotopic (exact) mass is 348 g/mol. The number of hydrogen-bond donors (Lipinski definition) is 0. The van der Waals surface area contributed by atoms with Crippen LogP contribution in [0.3, 0.4) is 0 Å². The van der Waals surface area contributed by atoms with Gasteiger partial charge in [0.1, 0.15) is 0 Å². The fourth-order valence-electron chi connectivity index (χ4n) is 5.66. The van der Waals surface area contributed by atoms with Gasteiger partial charge in [-0.25, -0.2) is 0 Å². The average Bonchev–Trinajstić information content (AvgIpc) is 2.66. The summed E-state index contributed by atoms with van der Waals surface area (Å²) in [6.45, 7) is 6.22. The number of likely N-dealkylation sites (tertiary alicyclic amines) is 1. The number of rotatable bonds is 3. The second-order valence-electron chi connectivity index (χ2n) is 8.61. The molecule has 1 aliphatic heterocycles. The molecule has 0 unspecified atom stereocenters. The van der Waals surface area contributed by atoms with Crippen LogP contribution in [0.25, 0.3) is 0 Å². The number of hydrogen-bond acceptors (Lipinski definition) is 3. The highest BCUT2D eigenvalue weighted by Crippen LogP contribution is 2.55. The zero-order valence-electron chi connectivity index (χ0n) is 15.9. The lowest BCUT2D eigenvalue weighted by Gasteiger charge is -2.58.